The van der Waals surface area contributed by atoms with Crippen LogP contribution in [0.5, 0.6) is 0 Å². The van der Waals surface area contributed by atoms with Gasteiger partial charge in [-0.1, -0.05) is 26.7 Å². The number of rotatable bonds is 3. The lowest BCUT2D eigenvalue weighted by Gasteiger charge is -2.41. The predicted molar refractivity (Wildman–Crippen MR) is 84.8 cm³/mol. The topological polar surface area (TPSA) is 20.3 Å². The Kier molecular flexibility index (Phi) is 5.28. The molecule has 2 fully saturated rings. The smallest absolute Gasteiger partial charge is 0.155 e. The van der Waals surface area contributed by atoms with E-state index in [1.165, 1.54) is 32.1 Å². The van der Waals surface area contributed by atoms with Crippen LogP contribution in [0.25, 0.3) is 0 Å². The zero-order valence-corrected chi connectivity index (χ0v) is 14.0. The number of hydrogen-bond acceptors (Lipinski definition) is 2. The second-order valence-corrected chi connectivity index (χ2v) is 7.79. The standard InChI is InChI=1S/C18H33NO/c1-14-9-10-16(13-15(14)2)17(20)18(3,4)19-11-7-5-6-8-12-19/h14-16H,5-13H2,1-4H3. The van der Waals surface area contributed by atoms with Crippen molar-refractivity contribution in [3.05, 3.63) is 0 Å². The molecule has 0 radical (unpaired) electrons. The minimum absolute atomic E-state index is 0.255. The Bertz CT molecular complexity index is 328. The first-order valence-corrected chi connectivity index (χ1v) is 8.72. The van der Waals surface area contributed by atoms with Crippen molar-refractivity contribution >= 4 is 5.78 Å². The summed E-state index contributed by atoms with van der Waals surface area (Å²) in [6.45, 7) is 11.2. The van der Waals surface area contributed by atoms with E-state index in [1.54, 1.807) is 0 Å². The molecule has 0 aromatic rings. The van der Waals surface area contributed by atoms with Crippen LogP contribution in [0.4, 0.5) is 0 Å². The Hall–Kier alpha value is -0.370. The second-order valence-electron chi connectivity index (χ2n) is 7.79. The van der Waals surface area contributed by atoms with Crippen LogP contribution in [0.15, 0.2) is 0 Å². The molecule has 2 nitrogen and oxygen atoms in total. The van der Waals surface area contributed by atoms with Gasteiger partial charge in [-0.15, -0.1) is 0 Å². The molecule has 2 rings (SSSR count). The Morgan fingerprint density at radius 3 is 2.10 bits per heavy atom. The fourth-order valence-electron chi connectivity index (χ4n) is 4.07. The maximum Gasteiger partial charge on any atom is 0.155 e. The molecule has 1 saturated heterocycles. The van der Waals surface area contributed by atoms with E-state index >= 15 is 0 Å². The zero-order valence-electron chi connectivity index (χ0n) is 14.0. The number of Topliss-reactive ketones (excluding diaryl/α,β-unsaturated/α-hetero) is 1. The van der Waals surface area contributed by atoms with Crippen molar-refractivity contribution in [2.45, 2.75) is 78.2 Å². The number of hydrogen-bond donors (Lipinski definition) is 0. The minimum atomic E-state index is -0.255. The van der Waals surface area contributed by atoms with E-state index < -0.39 is 0 Å². The van der Waals surface area contributed by atoms with Gasteiger partial charge in [0.15, 0.2) is 5.78 Å². The monoisotopic (exact) mass is 279 g/mol. The molecule has 2 aliphatic rings. The van der Waals surface area contributed by atoms with E-state index in [0.717, 1.165) is 31.8 Å². The molecule has 0 N–H and O–H groups in total. The molecule has 1 heterocycles. The van der Waals surface area contributed by atoms with E-state index in [2.05, 4.69) is 32.6 Å². The van der Waals surface area contributed by atoms with E-state index in [-0.39, 0.29) is 5.54 Å². The van der Waals surface area contributed by atoms with E-state index in [0.29, 0.717) is 17.6 Å². The lowest BCUT2D eigenvalue weighted by Crippen LogP contribution is -2.53. The molecule has 20 heavy (non-hydrogen) atoms. The van der Waals surface area contributed by atoms with Crippen LogP contribution in [-0.2, 0) is 4.79 Å². The summed E-state index contributed by atoms with van der Waals surface area (Å²) in [5.41, 5.74) is -0.255. The van der Waals surface area contributed by atoms with Gasteiger partial charge in [0.1, 0.15) is 0 Å². The Labute approximate surface area is 125 Å². The molecule has 0 amide bonds. The molecule has 1 aliphatic carbocycles. The highest BCUT2D eigenvalue weighted by atomic mass is 16.1. The molecular formula is C18H33NO. The number of carbonyl (C=O) groups is 1. The Balaban J connectivity index is 2.02. The van der Waals surface area contributed by atoms with Crippen LogP contribution < -0.4 is 0 Å². The summed E-state index contributed by atoms with van der Waals surface area (Å²) in [5.74, 6) is 2.32. The summed E-state index contributed by atoms with van der Waals surface area (Å²) in [7, 11) is 0. The van der Waals surface area contributed by atoms with Gasteiger partial charge in [-0.25, -0.2) is 0 Å². The molecule has 0 spiro atoms. The highest BCUT2D eigenvalue weighted by Gasteiger charge is 2.40. The van der Waals surface area contributed by atoms with Crippen molar-refractivity contribution < 1.29 is 4.79 Å². The van der Waals surface area contributed by atoms with Crippen molar-refractivity contribution in [1.82, 2.24) is 4.90 Å². The summed E-state index contributed by atoms with van der Waals surface area (Å²) >= 11 is 0. The average Bonchev–Trinajstić information content (AvgIpc) is 2.70. The molecule has 1 aliphatic heterocycles. The lowest BCUT2D eigenvalue weighted by atomic mass is 9.71. The fourth-order valence-corrected chi connectivity index (χ4v) is 4.07. The number of nitrogens with zero attached hydrogens (tertiary/aromatic N) is 1. The highest BCUT2D eigenvalue weighted by Crippen LogP contribution is 2.37. The summed E-state index contributed by atoms with van der Waals surface area (Å²) in [6.07, 6.45) is 8.63. The molecular weight excluding hydrogens is 246 g/mol. The summed E-state index contributed by atoms with van der Waals surface area (Å²) in [6, 6.07) is 0. The van der Waals surface area contributed by atoms with Gasteiger partial charge in [-0.05, 0) is 70.9 Å². The second kappa shape index (κ2) is 6.60. The number of likely N-dealkylation sites (tertiary alicyclic amines) is 1. The van der Waals surface area contributed by atoms with Gasteiger partial charge in [-0.3, -0.25) is 9.69 Å². The summed E-state index contributed by atoms with van der Waals surface area (Å²) < 4.78 is 0. The molecule has 2 heteroatoms. The Morgan fingerprint density at radius 1 is 0.950 bits per heavy atom. The third kappa shape index (κ3) is 3.44. The van der Waals surface area contributed by atoms with Crippen molar-refractivity contribution in [2.75, 3.05) is 13.1 Å². The van der Waals surface area contributed by atoms with E-state index in [1.807, 2.05) is 0 Å². The van der Waals surface area contributed by atoms with Gasteiger partial charge >= 0.3 is 0 Å². The van der Waals surface area contributed by atoms with Crippen molar-refractivity contribution in [3.8, 4) is 0 Å². The van der Waals surface area contributed by atoms with Crippen LogP contribution in [0, 0.1) is 17.8 Å². The van der Waals surface area contributed by atoms with Gasteiger partial charge in [0, 0.05) is 5.92 Å². The third-order valence-electron chi connectivity index (χ3n) is 5.97. The van der Waals surface area contributed by atoms with Crippen LogP contribution in [-0.4, -0.2) is 29.3 Å². The zero-order chi connectivity index (χ0) is 14.8. The summed E-state index contributed by atoms with van der Waals surface area (Å²) in [5, 5.41) is 0. The molecule has 116 valence electrons. The molecule has 0 aromatic carbocycles. The average molecular weight is 279 g/mol. The number of ketones is 1. The number of carbonyl (C=O) groups excluding carboxylic acids is 1. The Morgan fingerprint density at radius 2 is 1.55 bits per heavy atom. The van der Waals surface area contributed by atoms with Crippen molar-refractivity contribution in [1.29, 1.82) is 0 Å². The predicted octanol–water partition coefficient (Wildman–Crippen LogP) is 4.28. The molecule has 3 atom stereocenters. The maximum atomic E-state index is 13.0. The SMILES string of the molecule is CC1CCC(C(=O)C(C)(C)N2CCCCCC2)CC1C. The quantitative estimate of drug-likeness (QED) is 0.768. The molecule has 0 bridgehead atoms. The van der Waals surface area contributed by atoms with Crippen LogP contribution in [0.2, 0.25) is 0 Å². The first-order valence-electron chi connectivity index (χ1n) is 8.72. The van der Waals surface area contributed by atoms with E-state index in [4.69, 9.17) is 0 Å². The maximum absolute atomic E-state index is 13.0. The first-order chi connectivity index (χ1) is 9.43. The van der Waals surface area contributed by atoms with Crippen molar-refractivity contribution in [3.63, 3.8) is 0 Å². The van der Waals surface area contributed by atoms with Gasteiger partial charge < -0.3 is 0 Å². The van der Waals surface area contributed by atoms with Crippen molar-refractivity contribution in [2.24, 2.45) is 17.8 Å². The highest BCUT2D eigenvalue weighted by molar-refractivity contribution is 5.89. The third-order valence-corrected chi connectivity index (χ3v) is 5.97. The summed E-state index contributed by atoms with van der Waals surface area (Å²) in [4.78, 5) is 15.5. The fraction of sp³-hybridized carbons (Fsp3) is 0.944. The van der Waals surface area contributed by atoms with E-state index in [9.17, 15) is 4.79 Å². The first kappa shape index (κ1) is 16.0. The lowest BCUT2D eigenvalue weighted by molar-refractivity contribution is -0.135. The van der Waals surface area contributed by atoms with Gasteiger partial charge in [0.2, 0.25) is 0 Å². The molecule has 3 unspecified atom stereocenters. The normalized spacial score (nSPS) is 33.7. The minimum Gasteiger partial charge on any atom is -0.297 e. The van der Waals surface area contributed by atoms with Gasteiger partial charge in [-0.2, -0.15) is 0 Å². The molecule has 0 aromatic heterocycles. The largest absolute Gasteiger partial charge is 0.297 e. The van der Waals surface area contributed by atoms with Gasteiger partial charge in [0.05, 0.1) is 5.54 Å². The van der Waals surface area contributed by atoms with Crippen LogP contribution >= 0.6 is 0 Å². The molecule has 1 saturated carbocycles. The van der Waals surface area contributed by atoms with Gasteiger partial charge in [0.25, 0.3) is 0 Å². The van der Waals surface area contributed by atoms with Crippen LogP contribution in [0.3, 0.4) is 0 Å². The van der Waals surface area contributed by atoms with Crippen LogP contribution in [0.1, 0.15) is 72.6 Å².